The van der Waals surface area contributed by atoms with E-state index in [0.29, 0.717) is 89.4 Å². The molecule has 20 heteroatoms. The van der Waals surface area contributed by atoms with Crippen molar-refractivity contribution in [3.8, 4) is 0 Å². The topological polar surface area (TPSA) is 177 Å². The van der Waals surface area contributed by atoms with Gasteiger partial charge in [-0.25, -0.2) is 27.2 Å². The average Bonchev–Trinajstić information content (AvgIpc) is 3.41. The lowest BCUT2D eigenvalue weighted by molar-refractivity contribution is -0.265. The highest BCUT2D eigenvalue weighted by Gasteiger charge is 2.44. The van der Waals surface area contributed by atoms with Crippen LogP contribution in [0, 0.1) is 23.3 Å². The third kappa shape index (κ3) is 14.4. The SMILES string of the molecule is CC1(C)OCC(N2CCC(N(Cc3ccc(F)cc3)C(=O)C(OC(=O)C(O)C(O)C(=O)OC(C(=O)N(Cc3ccc(F)cc3)C3CCN(C4COC(C)(C)OC4)CC3)c3ccc(F)cc3)c3ccc(F)cc3)CC2)CO1. The fraction of sp³-hybridized carbons (Fsp3) is 0.500. The molecule has 0 radical (unpaired) electrons. The molecule has 0 aromatic heterocycles. The van der Waals surface area contributed by atoms with Crippen molar-refractivity contribution in [2.45, 2.75) is 127 Å². The molecule has 0 spiro atoms. The molecule has 76 heavy (non-hydrogen) atoms. The second-order valence-corrected chi connectivity index (χ2v) is 20.7. The van der Waals surface area contributed by atoms with Crippen molar-refractivity contribution in [3.05, 3.63) is 143 Å². The zero-order valence-corrected chi connectivity index (χ0v) is 43.0. The summed E-state index contributed by atoms with van der Waals surface area (Å²) >= 11 is 0. The first-order valence-corrected chi connectivity index (χ1v) is 25.6. The van der Waals surface area contributed by atoms with E-state index < -0.39 is 95.1 Å². The Kier molecular flexibility index (Phi) is 18.3. The Labute approximate surface area is 439 Å². The summed E-state index contributed by atoms with van der Waals surface area (Å²) < 4.78 is 91.9. The van der Waals surface area contributed by atoms with E-state index in [1.807, 2.05) is 27.7 Å². The Balaban J connectivity index is 1.01. The molecule has 4 aliphatic rings. The van der Waals surface area contributed by atoms with Crippen LogP contribution in [0.3, 0.4) is 0 Å². The van der Waals surface area contributed by atoms with Gasteiger partial charge >= 0.3 is 11.9 Å². The Morgan fingerprint density at radius 2 is 0.789 bits per heavy atom. The summed E-state index contributed by atoms with van der Waals surface area (Å²) in [6, 6.07) is 19.0. The highest BCUT2D eigenvalue weighted by molar-refractivity contribution is 5.91. The van der Waals surface area contributed by atoms with Crippen LogP contribution in [0.2, 0.25) is 0 Å². The van der Waals surface area contributed by atoms with Crippen LogP contribution in [0.25, 0.3) is 0 Å². The Morgan fingerprint density at radius 3 is 1.08 bits per heavy atom. The smallest absolute Gasteiger partial charge is 0.339 e. The molecule has 16 nitrogen and oxygen atoms in total. The summed E-state index contributed by atoms with van der Waals surface area (Å²) in [5, 5.41) is 22.8. The zero-order chi connectivity index (χ0) is 54.3. The number of halogens is 4. The lowest BCUT2D eigenvalue weighted by Crippen LogP contribution is -2.55. The Morgan fingerprint density at radius 1 is 0.513 bits per heavy atom. The van der Waals surface area contributed by atoms with Gasteiger partial charge in [0.25, 0.3) is 11.8 Å². The number of ether oxygens (including phenoxy) is 6. The van der Waals surface area contributed by atoms with Gasteiger partial charge in [0.15, 0.2) is 23.8 Å². The highest BCUT2D eigenvalue weighted by atomic mass is 19.1. The monoisotopic (exact) mass is 1060 g/mol. The summed E-state index contributed by atoms with van der Waals surface area (Å²) in [4.78, 5) is 65.3. The van der Waals surface area contributed by atoms with Gasteiger partial charge in [0.2, 0.25) is 12.2 Å². The lowest BCUT2D eigenvalue weighted by Gasteiger charge is -2.45. The maximum Gasteiger partial charge on any atom is 0.339 e. The van der Waals surface area contributed by atoms with Crippen molar-refractivity contribution >= 4 is 23.8 Å². The van der Waals surface area contributed by atoms with Crippen LogP contribution in [0.15, 0.2) is 97.1 Å². The number of benzene rings is 4. The van der Waals surface area contributed by atoms with Crippen LogP contribution in [0.1, 0.15) is 87.8 Å². The van der Waals surface area contributed by atoms with Crippen molar-refractivity contribution in [2.75, 3.05) is 52.6 Å². The molecule has 410 valence electrons. The number of aliphatic hydroxyl groups is 2. The summed E-state index contributed by atoms with van der Waals surface area (Å²) in [5.74, 6) is -8.66. The fourth-order valence-electron chi connectivity index (χ4n) is 9.99. The van der Waals surface area contributed by atoms with Gasteiger partial charge < -0.3 is 48.4 Å². The fourth-order valence-corrected chi connectivity index (χ4v) is 9.99. The second-order valence-electron chi connectivity index (χ2n) is 20.7. The number of likely N-dealkylation sites (tertiary alicyclic amines) is 2. The van der Waals surface area contributed by atoms with E-state index in [4.69, 9.17) is 28.4 Å². The van der Waals surface area contributed by atoms with Crippen LogP contribution in [-0.2, 0) is 60.7 Å². The van der Waals surface area contributed by atoms with Gasteiger partial charge in [-0.15, -0.1) is 0 Å². The van der Waals surface area contributed by atoms with Crippen molar-refractivity contribution in [3.63, 3.8) is 0 Å². The first kappa shape index (κ1) is 56.4. The largest absolute Gasteiger partial charge is 0.445 e. The number of carbonyl (C=O) groups is 4. The molecular weight excluding hydrogens is 997 g/mol. The van der Waals surface area contributed by atoms with E-state index >= 15 is 0 Å². The number of nitrogens with zero attached hydrogens (tertiary/aromatic N) is 4. The molecule has 8 rings (SSSR count). The third-order valence-corrected chi connectivity index (χ3v) is 14.5. The second kappa shape index (κ2) is 24.7. The molecular formula is C56H66F4N4O12. The predicted molar refractivity (Wildman–Crippen MR) is 265 cm³/mol. The maximum absolute atomic E-state index is 15.0. The molecule has 2 amide bonds. The zero-order valence-electron chi connectivity index (χ0n) is 43.0. The standard InChI is InChI=1S/C56H66F4N4O12/c1-55(2)71-31-45(32-72-55)61-25-21-43(22-26-61)63(29-35-5-13-39(57)14-6-35)51(67)49(37-9-17-41(59)18-10-37)75-53(69)47(65)48(66)54(70)76-50(38-11-19-42(60)20-12-38)52(68)64(30-36-7-15-40(58)16-8-36)44-23-27-62(28-24-44)46-33-73-56(3,4)74-34-46/h5-20,43-50,65-66H,21-34H2,1-4H3. The van der Waals surface area contributed by atoms with Crippen LogP contribution >= 0.6 is 0 Å². The Bertz CT molecular complexity index is 2400. The molecule has 4 unspecified atom stereocenters. The Hall–Kier alpha value is -5.84. The summed E-state index contributed by atoms with van der Waals surface area (Å²) in [7, 11) is 0. The van der Waals surface area contributed by atoms with Crippen molar-refractivity contribution in [2.24, 2.45) is 0 Å². The van der Waals surface area contributed by atoms with Gasteiger partial charge in [0.05, 0.1) is 38.5 Å². The summed E-state index contributed by atoms with van der Waals surface area (Å²) in [6.07, 6.45) is -7.35. The van der Waals surface area contributed by atoms with Crippen LogP contribution in [0.4, 0.5) is 17.6 Å². The highest BCUT2D eigenvalue weighted by Crippen LogP contribution is 2.32. The van der Waals surface area contributed by atoms with Crippen molar-refractivity contribution in [1.82, 2.24) is 19.6 Å². The molecule has 2 N–H and O–H groups in total. The van der Waals surface area contributed by atoms with Crippen LogP contribution in [-0.4, -0.2) is 154 Å². The first-order chi connectivity index (χ1) is 36.2. The van der Waals surface area contributed by atoms with Gasteiger partial charge in [-0.1, -0.05) is 48.5 Å². The summed E-state index contributed by atoms with van der Waals surface area (Å²) in [5.41, 5.74) is 1.06. The normalized spacial score (nSPS) is 20.7. The molecule has 4 saturated heterocycles. The van der Waals surface area contributed by atoms with Gasteiger partial charge in [0, 0.05) is 62.5 Å². The minimum absolute atomic E-state index is 0.0110. The average molecular weight is 1060 g/mol. The third-order valence-electron chi connectivity index (χ3n) is 14.5. The van der Waals surface area contributed by atoms with E-state index in [1.54, 1.807) is 0 Å². The number of rotatable bonds is 17. The van der Waals surface area contributed by atoms with E-state index in [-0.39, 0.29) is 36.3 Å². The molecule has 0 bridgehead atoms. The maximum atomic E-state index is 15.0. The number of piperidine rings is 2. The van der Waals surface area contributed by atoms with Crippen LogP contribution < -0.4 is 0 Å². The minimum Gasteiger partial charge on any atom is -0.445 e. The quantitative estimate of drug-likeness (QED) is 0.0913. The molecule has 4 atom stereocenters. The van der Waals surface area contributed by atoms with Gasteiger partial charge in [0.1, 0.15) is 23.3 Å². The van der Waals surface area contributed by atoms with Crippen LogP contribution in [0.5, 0.6) is 0 Å². The van der Waals surface area contributed by atoms with Gasteiger partial charge in [-0.2, -0.15) is 0 Å². The molecule has 4 aliphatic heterocycles. The number of aliphatic hydroxyl groups excluding tert-OH is 2. The predicted octanol–water partition coefficient (Wildman–Crippen LogP) is 6.12. The number of esters is 2. The molecule has 0 aliphatic carbocycles. The number of amides is 2. The summed E-state index contributed by atoms with van der Waals surface area (Å²) in [6.45, 7) is 11.1. The first-order valence-electron chi connectivity index (χ1n) is 25.6. The number of hydrogen-bond donors (Lipinski definition) is 2. The van der Waals surface area contributed by atoms with Gasteiger partial charge in [-0.3, -0.25) is 19.4 Å². The van der Waals surface area contributed by atoms with E-state index in [1.165, 1.54) is 82.6 Å². The molecule has 4 fully saturated rings. The van der Waals surface area contributed by atoms with Gasteiger partial charge in [-0.05, 0) is 113 Å². The van der Waals surface area contributed by atoms with E-state index in [9.17, 15) is 47.0 Å². The molecule has 4 aromatic carbocycles. The van der Waals surface area contributed by atoms with E-state index in [2.05, 4.69) is 9.80 Å². The van der Waals surface area contributed by atoms with E-state index in [0.717, 1.165) is 24.3 Å². The molecule has 0 saturated carbocycles. The minimum atomic E-state index is -2.70. The number of carbonyl (C=O) groups excluding carboxylic acids is 4. The van der Waals surface area contributed by atoms with Crippen molar-refractivity contribution in [1.29, 1.82) is 0 Å². The number of hydrogen-bond acceptors (Lipinski definition) is 14. The lowest BCUT2D eigenvalue weighted by atomic mass is 9.98. The molecule has 4 heterocycles. The molecule has 4 aromatic rings. The van der Waals surface area contributed by atoms with Crippen molar-refractivity contribution < 1.29 is 75.4 Å².